The molecule has 1 aromatic rings. The third kappa shape index (κ3) is 2.65. The SMILES string of the molecule is CCCCCOC(=O)[C@H]1[C@@H]2C=C[C@]3(CN(c4ccc(C)cc4)C(=O)[C@H]13)O2. The van der Waals surface area contributed by atoms with E-state index >= 15 is 0 Å². The summed E-state index contributed by atoms with van der Waals surface area (Å²) in [5.74, 6) is -1.38. The zero-order valence-corrected chi connectivity index (χ0v) is 15.3. The summed E-state index contributed by atoms with van der Waals surface area (Å²) in [6, 6.07) is 7.86. The van der Waals surface area contributed by atoms with Crippen LogP contribution >= 0.6 is 0 Å². The zero-order valence-electron chi connectivity index (χ0n) is 15.3. The lowest BCUT2D eigenvalue weighted by Gasteiger charge is -2.22. The molecule has 1 aromatic carbocycles. The highest BCUT2D eigenvalue weighted by Crippen LogP contribution is 2.52. The number of unbranched alkanes of at least 4 members (excludes halogenated alkanes) is 2. The first-order chi connectivity index (χ1) is 12.6. The molecule has 4 atom stereocenters. The number of benzene rings is 1. The first-order valence-electron chi connectivity index (χ1n) is 9.47. The van der Waals surface area contributed by atoms with Gasteiger partial charge < -0.3 is 14.4 Å². The van der Waals surface area contributed by atoms with Crippen LogP contribution in [0.4, 0.5) is 5.69 Å². The number of fused-ring (bicyclic) bond motifs is 1. The number of carbonyl (C=O) groups excluding carboxylic acids is 2. The van der Waals surface area contributed by atoms with Crippen molar-refractivity contribution in [2.45, 2.75) is 44.8 Å². The summed E-state index contributed by atoms with van der Waals surface area (Å²) < 4.78 is 11.6. The van der Waals surface area contributed by atoms with Crippen LogP contribution in [0.15, 0.2) is 36.4 Å². The molecule has 3 aliphatic rings. The number of hydrogen-bond donors (Lipinski definition) is 0. The number of carbonyl (C=O) groups is 2. The van der Waals surface area contributed by atoms with Crippen molar-refractivity contribution in [3.05, 3.63) is 42.0 Å². The molecular weight excluding hydrogens is 330 g/mol. The molecule has 0 saturated carbocycles. The topological polar surface area (TPSA) is 55.8 Å². The molecule has 1 spiro atoms. The van der Waals surface area contributed by atoms with Crippen LogP contribution in [0.5, 0.6) is 0 Å². The lowest BCUT2D eigenvalue weighted by molar-refractivity contribution is -0.152. The number of aryl methyl sites for hydroxylation is 1. The molecule has 0 N–H and O–H groups in total. The Bertz CT molecular complexity index is 741. The fraction of sp³-hybridized carbons (Fsp3) is 0.524. The van der Waals surface area contributed by atoms with Crippen molar-refractivity contribution in [2.75, 3.05) is 18.1 Å². The highest BCUT2D eigenvalue weighted by molar-refractivity contribution is 6.02. The molecule has 3 heterocycles. The third-order valence-corrected chi connectivity index (χ3v) is 5.71. The maximum atomic E-state index is 13.2. The Kier molecular flexibility index (Phi) is 4.35. The van der Waals surface area contributed by atoms with Gasteiger partial charge in [-0.05, 0) is 25.5 Å². The van der Waals surface area contributed by atoms with Gasteiger partial charge in [0.05, 0.1) is 25.2 Å². The smallest absolute Gasteiger partial charge is 0.312 e. The van der Waals surface area contributed by atoms with Crippen molar-refractivity contribution in [1.29, 1.82) is 0 Å². The maximum Gasteiger partial charge on any atom is 0.312 e. The summed E-state index contributed by atoms with van der Waals surface area (Å²) in [6.07, 6.45) is 6.50. The average Bonchev–Trinajstić information content (AvgIpc) is 3.28. The number of esters is 1. The van der Waals surface area contributed by atoms with E-state index < -0.39 is 17.4 Å². The van der Waals surface area contributed by atoms with Crippen LogP contribution in [-0.4, -0.2) is 36.7 Å². The lowest BCUT2D eigenvalue weighted by atomic mass is 9.77. The van der Waals surface area contributed by atoms with E-state index in [1.54, 1.807) is 4.90 Å². The van der Waals surface area contributed by atoms with Crippen molar-refractivity contribution in [1.82, 2.24) is 0 Å². The van der Waals surface area contributed by atoms with Crippen LogP contribution in [-0.2, 0) is 19.1 Å². The van der Waals surface area contributed by atoms with E-state index in [1.807, 2.05) is 43.3 Å². The molecule has 26 heavy (non-hydrogen) atoms. The van der Waals surface area contributed by atoms with Gasteiger partial charge in [-0.1, -0.05) is 49.6 Å². The molecule has 2 saturated heterocycles. The van der Waals surface area contributed by atoms with Gasteiger partial charge in [-0.15, -0.1) is 0 Å². The first-order valence-corrected chi connectivity index (χ1v) is 9.47. The predicted octanol–water partition coefficient (Wildman–Crippen LogP) is 3.01. The second kappa shape index (κ2) is 6.54. The van der Waals surface area contributed by atoms with Crippen LogP contribution in [0.1, 0.15) is 31.7 Å². The monoisotopic (exact) mass is 355 g/mol. The van der Waals surface area contributed by atoms with E-state index in [-0.39, 0.29) is 18.0 Å². The molecule has 3 aliphatic heterocycles. The average molecular weight is 355 g/mol. The Morgan fingerprint density at radius 2 is 2.08 bits per heavy atom. The molecule has 0 aliphatic carbocycles. The quantitative estimate of drug-likeness (QED) is 0.447. The number of hydrogen-bond acceptors (Lipinski definition) is 4. The molecule has 0 aromatic heterocycles. The van der Waals surface area contributed by atoms with Crippen LogP contribution in [0, 0.1) is 18.8 Å². The summed E-state index contributed by atoms with van der Waals surface area (Å²) in [5.41, 5.74) is 1.30. The Morgan fingerprint density at radius 3 is 2.81 bits per heavy atom. The molecule has 0 radical (unpaired) electrons. The Labute approximate surface area is 154 Å². The largest absolute Gasteiger partial charge is 0.465 e. The molecule has 138 valence electrons. The molecule has 5 heteroatoms. The normalized spacial score (nSPS) is 31.5. The third-order valence-electron chi connectivity index (χ3n) is 5.71. The van der Waals surface area contributed by atoms with Crippen molar-refractivity contribution in [3.63, 3.8) is 0 Å². The van der Waals surface area contributed by atoms with Gasteiger partial charge in [-0.3, -0.25) is 9.59 Å². The highest BCUT2D eigenvalue weighted by atomic mass is 16.6. The van der Waals surface area contributed by atoms with Gasteiger partial charge in [0.25, 0.3) is 0 Å². The Balaban J connectivity index is 1.53. The number of amides is 1. The summed E-state index contributed by atoms with van der Waals surface area (Å²) in [5, 5.41) is 0. The van der Waals surface area contributed by atoms with Crippen molar-refractivity contribution in [2.24, 2.45) is 11.8 Å². The van der Waals surface area contributed by atoms with Crippen LogP contribution in [0.2, 0.25) is 0 Å². The highest BCUT2D eigenvalue weighted by Gasteiger charge is 2.67. The second-order valence-electron chi connectivity index (χ2n) is 7.53. The van der Waals surface area contributed by atoms with Gasteiger partial charge in [0.15, 0.2) is 0 Å². The Morgan fingerprint density at radius 1 is 1.31 bits per heavy atom. The summed E-state index contributed by atoms with van der Waals surface area (Å²) in [6.45, 7) is 4.99. The maximum absolute atomic E-state index is 13.2. The molecule has 2 fully saturated rings. The van der Waals surface area contributed by atoms with E-state index in [2.05, 4.69) is 6.92 Å². The molecule has 5 nitrogen and oxygen atoms in total. The lowest BCUT2D eigenvalue weighted by Crippen LogP contribution is -2.40. The van der Waals surface area contributed by atoms with E-state index in [9.17, 15) is 9.59 Å². The van der Waals surface area contributed by atoms with Gasteiger partial charge in [0, 0.05) is 5.69 Å². The predicted molar refractivity (Wildman–Crippen MR) is 97.7 cm³/mol. The minimum Gasteiger partial charge on any atom is -0.465 e. The number of nitrogens with zero attached hydrogens (tertiary/aromatic N) is 1. The van der Waals surface area contributed by atoms with Crippen molar-refractivity contribution >= 4 is 17.6 Å². The molecule has 2 bridgehead atoms. The van der Waals surface area contributed by atoms with Crippen LogP contribution in [0.3, 0.4) is 0 Å². The number of anilines is 1. The fourth-order valence-electron chi connectivity index (χ4n) is 4.33. The summed E-state index contributed by atoms with van der Waals surface area (Å²) in [7, 11) is 0. The molecule has 0 unspecified atom stereocenters. The molecule has 1 amide bonds. The van der Waals surface area contributed by atoms with Crippen LogP contribution in [0.25, 0.3) is 0 Å². The minimum absolute atomic E-state index is 0.0452. The minimum atomic E-state index is -0.695. The second-order valence-corrected chi connectivity index (χ2v) is 7.53. The van der Waals surface area contributed by atoms with Gasteiger partial charge in [-0.25, -0.2) is 0 Å². The number of rotatable bonds is 6. The van der Waals surface area contributed by atoms with E-state index in [1.165, 1.54) is 0 Å². The fourth-order valence-corrected chi connectivity index (χ4v) is 4.33. The summed E-state index contributed by atoms with van der Waals surface area (Å²) in [4.78, 5) is 27.6. The van der Waals surface area contributed by atoms with Crippen molar-refractivity contribution in [3.8, 4) is 0 Å². The molecule has 4 rings (SSSR count). The zero-order chi connectivity index (χ0) is 18.3. The van der Waals surface area contributed by atoms with Crippen molar-refractivity contribution < 1.29 is 19.1 Å². The summed E-state index contributed by atoms with van der Waals surface area (Å²) >= 11 is 0. The van der Waals surface area contributed by atoms with Gasteiger partial charge in [-0.2, -0.15) is 0 Å². The number of ether oxygens (including phenoxy) is 2. The Hall–Kier alpha value is -2.14. The van der Waals surface area contributed by atoms with E-state index in [0.29, 0.717) is 13.2 Å². The van der Waals surface area contributed by atoms with Gasteiger partial charge >= 0.3 is 5.97 Å². The van der Waals surface area contributed by atoms with E-state index in [0.717, 1.165) is 30.5 Å². The first kappa shape index (κ1) is 17.3. The standard InChI is InChI=1S/C21H25NO4/c1-3-4-5-12-25-20(24)17-16-10-11-21(26-16)13-22(19(23)18(17)21)15-8-6-14(2)7-9-15/h6-11,16-18H,3-5,12-13H2,1-2H3/t16-,17-,18-,21+/m0/s1. The van der Waals surface area contributed by atoms with Gasteiger partial charge in [0.2, 0.25) is 5.91 Å². The van der Waals surface area contributed by atoms with Crippen LogP contribution < -0.4 is 4.90 Å². The van der Waals surface area contributed by atoms with E-state index in [4.69, 9.17) is 9.47 Å². The van der Waals surface area contributed by atoms with Gasteiger partial charge in [0.1, 0.15) is 11.5 Å². The molecular formula is C21H25NO4.